The maximum Gasteiger partial charge on any atom is 0.227 e. The Morgan fingerprint density at radius 1 is 1.03 bits per heavy atom. The highest BCUT2D eigenvalue weighted by Gasteiger charge is 2.17. The van der Waals surface area contributed by atoms with E-state index in [0.29, 0.717) is 5.95 Å². The molecule has 0 spiro atoms. The highest BCUT2D eigenvalue weighted by atomic mass is 16.5. The molecule has 2 aromatic heterocycles. The van der Waals surface area contributed by atoms with E-state index in [1.54, 1.807) is 13.3 Å². The molecule has 2 N–H and O–H groups in total. The summed E-state index contributed by atoms with van der Waals surface area (Å²) < 4.78 is 7.91. The minimum Gasteiger partial charge on any atom is -0.494 e. The van der Waals surface area contributed by atoms with Gasteiger partial charge in [0.05, 0.1) is 29.9 Å². The van der Waals surface area contributed by atoms with Crippen LogP contribution in [0.4, 0.5) is 23.0 Å². The molecule has 0 unspecified atom stereocenters. The summed E-state index contributed by atoms with van der Waals surface area (Å²) in [4.78, 5) is 13.8. The Hall–Kier alpha value is -3.78. The first kappa shape index (κ1) is 25.3. The predicted molar refractivity (Wildman–Crippen MR) is 151 cm³/mol. The molecule has 190 valence electrons. The van der Waals surface area contributed by atoms with Gasteiger partial charge in [0.25, 0.3) is 0 Å². The van der Waals surface area contributed by atoms with E-state index in [1.807, 2.05) is 6.07 Å². The number of nitrogens with zero attached hydrogens (tertiary/aromatic N) is 5. The highest BCUT2D eigenvalue weighted by Crippen LogP contribution is 2.38. The summed E-state index contributed by atoms with van der Waals surface area (Å²) in [5.74, 6) is 1.25. The Morgan fingerprint density at radius 3 is 2.53 bits per heavy atom. The third kappa shape index (κ3) is 5.54. The maximum atomic E-state index is 5.78. The van der Waals surface area contributed by atoms with Crippen LogP contribution in [0.3, 0.4) is 0 Å². The van der Waals surface area contributed by atoms with Crippen LogP contribution in [0.2, 0.25) is 0 Å². The van der Waals surface area contributed by atoms with Crippen LogP contribution in [0.5, 0.6) is 5.75 Å². The summed E-state index contributed by atoms with van der Waals surface area (Å²) in [6, 6.07) is 14.7. The molecule has 2 heterocycles. The number of rotatable bonds is 10. The van der Waals surface area contributed by atoms with E-state index in [-0.39, 0.29) is 6.04 Å². The molecule has 0 saturated heterocycles. The van der Waals surface area contributed by atoms with Crippen molar-refractivity contribution < 1.29 is 4.74 Å². The summed E-state index contributed by atoms with van der Waals surface area (Å²) in [6.45, 7) is 6.12. The third-order valence-electron chi connectivity index (χ3n) is 6.13. The number of likely N-dealkylation sites (N-methyl/N-ethyl adjacent to an activating group) is 2. The number of aryl methyl sites for hydroxylation is 1. The van der Waals surface area contributed by atoms with Gasteiger partial charge in [0, 0.05) is 68.2 Å². The van der Waals surface area contributed by atoms with Gasteiger partial charge < -0.3 is 29.7 Å². The molecule has 0 aliphatic rings. The molecule has 2 aromatic carbocycles. The lowest BCUT2D eigenvalue weighted by atomic mass is 10.1. The van der Waals surface area contributed by atoms with Crippen molar-refractivity contribution in [2.24, 2.45) is 7.05 Å². The van der Waals surface area contributed by atoms with Crippen LogP contribution in [0.15, 0.2) is 54.9 Å². The number of hydrogen-bond donors (Lipinski definition) is 2. The average Bonchev–Trinajstić information content (AvgIpc) is 3.19. The molecule has 0 atom stereocenters. The second kappa shape index (κ2) is 10.9. The Bertz CT molecular complexity index is 1330. The Kier molecular flexibility index (Phi) is 7.64. The summed E-state index contributed by atoms with van der Waals surface area (Å²) in [7, 11) is 10.0. The molecule has 0 radical (unpaired) electrons. The smallest absolute Gasteiger partial charge is 0.227 e. The number of aromatic nitrogens is 3. The van der Waals surface area contributed by atoms with Crippen LogP contribution in [0, 0.1) is 0 Å². The van der Waals surface area contributed by atoms with Crippen LogP contribution >= 0.6 is 0 Å². The van der Waals surface area contributed by atoms with Crippen molar-refractivity contribution in [2.45, 2.75) is 19.9 Å². The van der Waals surface area contributed by atoms with E-state index in [9.17, 15) is 0 Å². The van der Waals surface area contributed by atoms with Crippen molar-refractivity contribution in [3.63, 3.8) is 0 Å². The van der Waals surface area contributed by atoms with E-state index >= 15 is 0 Å². The van der Waals surface area contributed by atoms with Gasteiger partial charge in [-0.2, -0.15) is 0 Å². The molecule has 8 heteroatoms. The number of methoxy groups -OCH3 is 1. The maximum absolute atomic E-state index is 5.78. The lowest BCUT2D eigenvalue weighted by Crippen LogP contribution is -2.29. The number of fused-ring (bicyclic) bond motifs is 1. The number of ether oxygens (including phenoxy) is 1. The second-order valence-electron chi connectivity index (χ2n) is 9.65. The molecule has 4 aromatic rings. The molecular weight excluding hydrogens is 450 g/mol. The molecule has 0 fully saturated rings. The fraction of sp³-hybridized carbons (Fsp3) is 0.357. The zero-order chi connectivity index (χ0) is 25.8. The summed E-state index contributed by atoms with van der Waals surface area (Å²) in [5, 5.41) is 8.15. The SMILES string of the molecule is COc1cc(N(C)CCN(C)C)c(NC(C)C)cc1Nc1nccc(-c2cn(C)c3ccccc23)n1. The predicted octanol–water partition coefficient (Wildman–Crippen LogP) is 5.21. The van der Waals surface area contributed by atoms with Crippen LogP contribution in [-0.4, -0.2) is 66.8 Å². The van der Waals surface area contributed by atoms with Gasteiger partial charge in [0.1, 0.15) is 5.75 Å². The van der Waals surface area contributed by atoms with Gasteiger partial charge in [-0.15, -0.1) is 0 Å². The molecule has 0 bridgehead atoms. The minimum atomic E-state index is 0.276. The number of nitrogens with one attached hydrogen (secondary N) is 2. The van der Waals surface area contributed by atoms with Crippen molar-refractivity contribution in [3.05, 3.63) is 54.9 Å². The standard InChI is InChI=1S/C28H37N7O/c1-19(2)30-23-16-24(27(36-7)17-26(23)34(5)15-14-33(3)4)32-28-29-13-12-22(31-28)21-18-35(6)25-11-9-8-10-20(21)25/h8-13,16-19,30H,14-15H2,1-7H3,(H,29,31,32). The summed E-state index contributed by atoms with van der Waals surface area (Å²) in [5.41, 5.74) is 6.02. The zero-order valence-electron chi connectivity index (χ0n) is 22.3. The van der Waals surface area contributed by atoms with Crippen LogP contribution in [0.1, 0.15) is 13.8 Å². The van der Waals surface area contributed by atoms with E-state index < -0.39 is 0 Å². The fourth-order valence-corrected chi connectivity index (χ4v) is 4.28. The normalized spacial score (nSPS) is 11.4. The molecule has 0 amide bonds. The fourth-order valence-electron chi connectivity index (χ4n) is 4.28. The largest absolute Gasteiger partial charge is 0.494 e. The van der Waals surface area contributed by atoms with Crippen molar-refractivity contribution in [1.82, 2.24) is 19.4 Å². The number of benzene rings is 2. The molecule has 8 nitrogen and oxygen atoms in total. The highest BCUT2D eigenvalue weighted by molar-refractivity contribution is 5.95. The van der Waals surface area contributed by atoms with Crippen molar-refractivity contribution >= 4 is 33.9 Å². The van der Waals surface area contributed by atoms with Gasteiger partial charge in [-0.25, -0.2) is 9.97 Å². The molecule has 4 rings (SSSR count). The van der Waals surface area contributed by atoms with Crippen LogP contribution in [-0.2, 0) is 7.05 Å². The van der Waals surface area contributed by atoms with Gasteiger partial charge in [-0.1, -0.05) is 18.2 Å². The Balaban J connectivity index is 1.69. The number of anilines is 4. The van der Waals surface area contributed by atoms with E-state index in [0.717, 1.165) is 52.5 Å². The van der Waals surface area contributed by atoms with Crippen molar-refractivity contribution in [1.29, 1.82) is 0 Å². The lowest BCUT2D eigenvalue weighted by molar-refractivity contribution is 0.413. The molecule has 0 saturated carbocycles. The van der Waals surface area contributed by atoms with Crippen molar-refractivity contribution in [3.8, 4) is 17.0 Å². The van der Waals surface area contributed by atoms with Gasteiger partial charge in [-0.3, -0.25) is 0 Å². The molecule has 0 aliphatic carbocycles. The summed E-state index contributed by atoms with van der Waals surface area (Å²) >= 11 is 0. The second-order valence-corrected chi connectivity index (χ2v) is 9.65. The monoisotopic (exact) mass is 487 g/mol. The average molecular weight is 488 g/mol. The lowest BCUT2D eigenvalue weighted by Gasteiger charge is -2.27. The van der Waals surface area contributed by atoms with Gasteiger partial charge >= 0.3 is 0 Å². The Labute approximate surface area is 213 Å². The first-order valence-electron chi connectivity index (χ1n) is 12.3. The first-order valence-corrected chi connectivity index (χ1v) is 12.3. The topological polar surface area (TPSA) is 70.5 Å². The van der Waals surface area contributed by atoms with Crippen LogP contribution < -0.4 is 20.3 Å². The summed E-state index contributed by atoms with van der Waals surface area (Å²) in [6.07, 6.45) is 3.90. The van der Waals surface area contributed by atoms with E-state index in [2.05, 4.69) is 115 Å². The first-order chi connectivity index (χ1) is 17.3. The number of para-hydroxylation sites is 1. The van der Waals surface area contributed by atoms with Gasteiger partial charge in [0.2, 0.25) is 5.95 Å². The third-order valence-corrected chi connectivity index (χ3v) is 6.13. The van der Waals surface area contributed by atoms with Gasteiger partial charge in [-0.05, 0) is 46.1 Å². The van der Waals surface area contributed by atoms with E-state index in [1.165, 1.54) is 5.52 Å². The molecule has 0 aliphatic heterocycles. The van der Waals surface area contributed by atoms with Crippen LogP contribution in [0.25, 0.3) is 22.2 Å². The van der Waals surface area contributed by atoms with Gasteiger partial charge in [0.15, 0.2) is 0 Å². The minimum absolute atomic E-state index is 0.276. The van der Waals surface area contributed by atoms with Crippen molar-refractivity contribution in [2.75, 3.05) is 56.9 Å². The number of hydrogen-bond acceptors (Lipinski definition) is 7. The zero-order valence-corrected chi connectivity index (χ0v) is 22.3. The Morgan fingerprint density at radius 2 is 1.81 bits per heavy atom. The quantitative estimate of drug-likeness (QED) is 0.318. The van der Waals surface area contributed by atoms with E-state index in [4.69, 9.17) is 9.72 Å². The molecule has 36 heavy (non-hydrogen) atoms. The molecular formula is C28H37N7O.